The molecule has 138 valence electrons. The third-order valence-electron chi connectivity index (χ3n) is 3.96. The smallest absolute Gasteiger partial charge is 0.322 e. The molecule has 0 aromatic heterocycles. The van der Waals surface area contributed by atoms with Gasteiger partial charge in [0.15, 0.2) is 0 Å². The Morgan fingerprint density at radius 1 is 1.36 bits per heavy atom. The van der Waals surface area contributed by atoms with E-state index in [1.807, 2.05) is 0 Å². The Hall–Kier alpha value is -2.17. The van der Waals surface area contributed by atoms with Gasteiger partial charge in [0.05, 0.1) is 12.0 Å². The zero-order valence-corrected chi connectivity index (χ0v) is 15.1. The topological polar surface area (TPSA) is 140 Å². The van der Waals surface area contributed by atoms with Gasteiger partial charge in [0.1, 0.15) is 11.3 Å². The summed E-state index contributed by atoms with van der Waals surface area (Å²) in [7, 11) is -2.40. The molecule has 1 aliphatic rings. The normalized spacial score (nSPS) is 21.6. The molecule has 1 aromatic carbocycles. The van der Waals surface area contributed by atoms with E-state index in [1.165, 1.54) is 32.2 Å². The summed E-state index contributed by atoms with van der Waals surface area (Å²) >= 11 is 0. The van der Waals surface area contributed by atoms with Gasteiger partial charge in [-0.2, -0.15) is 0 Å². The monoisotopic (exact) mass is 370 g/mol. The number of hydrogen-bond acceptors (Lipinski definition) is 6. The Bertz CT molecular complexity index is 793. The van der Waals surface area contributed by atoms with Crippen molar-refractivity contribution in [2.75, 3.05) is 13.7 Å². The maximum Gasteiger partial charge on any atom is 0.322 e. The van der Waals surface area contributed by atoms with Crippen molar-refractivity contribution < 1.29 is 22.7 Å². The average molecular weight is 370 g/mol. The van der Waals surface area contributed by atoms with Gasteiger partial charge in [0.2, 0.25) is 10.0 Å². The Morgan fingerprint density at radius 3 is 2.56 bits per heavy atom. The van der Waals surface area contributed by atoms with Crippen LogP contribution in [-0.2, 0) is 20.4 Å². The maximum atomic E-state index is 12.4. The van der Waals surface area contributed by atoms with E-state index in [0.717, 1.165) is 0 Å². The first kappa shape index (κ1) is 19.2. The molecule has 0 bridgehead atoms. The lowest BCUT2D eigenvalue weighted by Crippen LogP contribution is -2.41. The van der Waals surface area contributed by atoms with Gasteiger partial charge in [-0.25, -0.2) is 17.9 Å². The predicted molar refractivity (Wildman–Crippen MR) is 90.5 cm³/mol. The number of nitrogens with two attached hydrogens (primary N) is 1. The number of sulfonamides is 1. The Morgan fingerprint density at radius 2 is 2.04 bits per heavy atom. The average Bonchev–Trinajstić information content (AvgIpc) is 2.79. The van der Waals surface area contributed by atoms with Crippen LogP contribution in [-0.4, -0.2) is 40.1 Å². The first-order valence-corrected chi connectivity index (χ1v) is 9.16. The largest absolute Gasteiger partial charge is 0.496 e. The second-order valence-electron chi connectivity index (χ2n) is 6.06. The third kappa shape index (κ3) is 3.91. The molecule has 1 fully saturated rings. The van der Waals surface area contributed by atoms with E-state index in [2.05, 4.69) is 15.4 Å². The SMILES string of the molecule is COc1ccc(S(=O)(=O)NCCC(C)N)cc1C1(C)NC(=O)NC1=O. The van der Waals surface area contributed by atoms with E-state index in [4.69, 9.17) is 10.5 Å². The summed E-state index contributed by atoms with van der Waals surface area (Å²) in [6.45, 7) is 3.45. The summed E-state index contributed by atoms with van der Waals surface area (Å²) in [5.41, 5.74) is 4.43. The highest BCUT2D eigenvalue weighted by Crippen LogP contribution is 2.34. The number of benzene rings is 1. The third-order valence-corrected chi connectivity index (χ3v) is 5.42. The Kier molecular flexibility index (Phi) is 5.35. The van der Waals surface area contributed by atoms with Crippen molar-refractivity contribution in [2.24, 2.45) is 5.73 Å². The van der Waals surface area contributed by atoms with Crippen LogP contribution < -0.4 is 25.8 Å². The minimum Gasteiger partial charge on any atom is -0.496 e. The van der Waals surface area contributed by atoms with Gasteiger partial charge in [-0.3, -0.25) is 10.1 Å². The number of nitrogens with one attached hydrogen (secondary N) is 3. The summed E-state index contributed by atoms with van der Waals surface area (Å²) in [4.78, 5) is 23.6. The number of ether oxygens (including phenoxy) is 1. The zero-order chi connectivity index (χ0) is 18.8. The van der Waals surface area contributed by atoms with E-state index >= 15 is 0 Å². The number of carbonyl (C=O) groups excluding carboxylic acids is 2. The number of hydrogen-bond donors (Lipinski definition) is 4. The van der Waals surface area contributed by atoms with Gasteiger partial charge in [-0.05, 0) is 38.5 Å². The molecule has 1 aliphatic heterocycles. The van der Waals surface area contributed by atoms with Gasteiger partial charge in [0, 0.05) is 18.2 Å². The van der Waals surface area contributed by atoms with E-state index in [-0.39, 0.29) is 28.8 Å². The van der Waals surface area contributed by atoms with Crippen molar-refractivity contribution in [3.8, 4) is 5.75 Å². The van der Waals surface area contributed by atoms with Crippen LogP contribution in [0.15, 0.2) is 23.1 Å². The van der Waals surface area contributed by atoms with Crippen LogP contribution >= 0.6 is 0 Å². The second-order valence-corrected chi connectivity index (χ2v) is 7.83. The van der Waals surface area contributed by atoms with Crippen molar-refractivity contribution in [3.05, 3.63) is 23.8 Å². The van der Waals surface area contributed by atoms with Crippen LogP contribution in [0.5, 0.6) is 5.75 Å². The number of carbonyl (C=O) groups is 2. The van der Waals surface area contributed by atoms with Gasteiger partial charge >= 0.3 is 6.03 Å². The Labute approximate surface area is 146 Å². The number of urea groups is 1. The minimum atomic E-state index is -3.80. The van der Waals surface area contributed by atoms with E-state index in [1.54, 1.807) is 6.92 Å². The highest BCUT2D eigenvalue weighted by Gasteiger charge is 2.45. The van der Waals surface area contributed by atoms with Crippen LogP contribution in [0.25, 0.3) is 0 Å². The lowest BCUT2D eigenvalue weighted by atomic mass is 9.91. The lowest BCUT2D eigenvalue weighted by molar-refractivity contribution is -0.123. The molecule has 1 heterocycles. The second kappa shape index (κ2) is 6.98. The molecular formula is C15H22N4O5S. The number of amides is 3. The molecule has 0 saturated carbocycles. The fourth-order valence-corrected chi connectivity index (χ4v) is 3.56. The molecular weight excluding hydrogens is 348 g/mol. The molecule has 9 nitrogen and oxygen atoms in total. The first-order chi connectivity index (χ1) is 11.6. The molecule has 0 spiro atoms. The summed E-state index contributed by atoms with van der Waals surface area (Å²) < 4.78 is 32.6. The minimum absolute atomic E-state index is 0.0388. The van der Waals surface area contributed by atoms with Crippen LogP contribution in [0.1, 0.15) is 25.8 Å². The molecule has 5 N–H and O–H groups in total. The van der Waals surface area contributed by atoms with Crippen LogP contribution in [0, 0.1) is 0 Å². The fraction of sp³-hybridized carbons (Fsp3) is 0.467. The van der Waals surface area contributed by atoms with Crippen molar-refractivity contribution in [1.29, 1.82) is 0 Å². The number of imide groups is 1. The van der Waals surface area contributed by atoms with Crippen molar-refractivity contribution in [1.82, 2.24) is 15.4 Å². The molecule has 1 saturated heterocycles. The van der Waals surface area contributed by atoms with Crippen molar-refractivity contribution in [3.63, 3.8) is 0 Å². The zero-order valence-electron chi connectivity index (χ0n) is 14.3. The molecule has 2 unspecified atom stereocenters. The van der Waals surface area contributed by atoms with Gasteiger partial charge < -0.3 is 15.8 Å². The molecule has 2 atom stereocenters. The summed E-state index contributed by atoms with van der Waals surface area (Å²) in [5, 5.41) is 4.64. The molecule has 0 radical (unpaired) electrons. The van der Waals surface area contributed by atoms with Crippen LogP contribution in [0.4, 0.5) is 4.79 Å². The molecule has 0 aliphatic carbocycles. The van der Waals surface area contributed by atoms with Crippen LogP contribution in [0.2, 0.25) is 0 Å². The van der Waals surface area contributed by atoms with Crippen LogP contribution in [0.3, 0.4) is 0 Å². The number of rotatable bonds is 7. The highest BCUT2D eigenvalue weighted by molar-refractivity contribution is 7.89. The quantitative estimate of drug-likeness (QED) is 0.489. The lowest BCUT2D eigenvalue weighted by Gasteiger charge is -2.24. The van der Waals surface area contributed by atoms with Gasteiger partial charge in [0.25, 0.3) is 5.91 Å². The van der Waals surface area contributed by atoms with Gasteiger partial charge in [-0.1, -0.05) is 0 Å². The van der Waals surface area contributed by atoms with E-state index < -0.39 is 27.5 Å². The van der Waals surface area contributed by atoms with Crippen molar-refractivity contribution in [2.45, 2.75) is 36.7 Å². The molecule has 2 rings (SSSR count). The molecule has 1 aromatic rings. The first-order valence-electron chi connectivity index (χ1n) is 7.67. The van der Waals surface area contributed by atoms with E-state index in [9.17, 15) is 18.0 Å². The summed E-state index contributed by atoms with van der Waals surface area (Å²) in [5.74, 6) is -0.301. The standard InChI is InChI=1S/C15H22N4O5S/c1-9(16)6-7-17-25(22,23)10-4-5-12(24-3)11(8-10)15(2)13(20)18-14(21)19-15/h4-5,8-9,17H,6-7,16H2,1-3H3,(H2,18,19,20,21). The van der Waals surface area contributed by atoms with E-state index in [0.29, 0.717) is 6.42 Å². The van der Waals surface area contributed by atoms with Crippen molar-refractivity contribution >= 4 is 22.0 Å². The molecule has 3 amide bonds. The Balaban J connectivity index is 2.41. The maximum absolute atomic E-state index is 12.4. The summed E-state index contributed by atoms with van der Waals surface area (Å²) in [6, 6.07) is 3.34. The van der Waals surface area contributed by atoms with Gasteiger partial charge in [-0.15, -0.1) is 0 Å². The molecule has 25 heavy (non-hydrogen) atoms. The highest BCUT2D eigenvalue weighted by atomic mass is 32.2. The fourth-order valence-electron chi connectivity index (χ4n) is 2.48. The predicted octanol–water partition coefficient (Wildman–Crippen LogP) is -0.235. The molecule has 10 heteroatoms. The summed E-state index contributed by atoms with van der Waals surface area (Å²) in [6.07, 6.45) is 0.485. The number of methoxy groups -OCH3 is 1.